The zero-order valence-electron chi connectivity index (χ0n) is 18.6. The normalized spacial score (nSPS) is 23.6. The monoisotopic (exact) mass is 392 g/mol. The SMILES string of the molecule is CN(C)C(c1ccccc1)C1(C(C)(C)C)CCC(NC(=O)c2ccccc2)CC1. The van der Waals surface area contributed by atoms with Crippen molar-refractivity contribution in [3.8, 4) is 0 Å². The van der Waals surface area contributed by atoms with Crippen LogP contribution in [0.4, 0.5) is 0 Å². The molecule has 1 saturated carbocycles. The van der Waals surface area contributed by atoms with Gasteiger partial charge in [0.05, 0.1) is 0 Å². The van der Waals surface area contributed by atoms with E-state index in [1.807, 2.05) is 30.3 Å². The van der Waals surface area contributed by atoms with E-state index in [4.69, 9.17) is 0 Å². The second-order valence-corrected chi connectivity index (χ2v) is 9.80. The van der Waals surface area contributed by atoms with Crippen molar-refractivity contribution in [1.82, 2.24) is 10.2 Å². The summed E-state index contributed by atoms with van der Waals surface area (Å²) in [5.74, 6) is 0.0473. The summed E-state index contributed by atoms with van der Waals surface area (Å²) < 4.78 is 0. The third-order valence-corrected chi connectivity index (χ3v) is 6.90. The van der Waals surface area contributed by atoms with Crippen LogP contribution in [0.3, 0.4) is 0 Å². The topological polar surface area (TPSA) is 32.3 Å². The Balaban J connectivity index is 1.80. The summed E-state index contributed by atoms with van der Waals surface area (Å²) in [6.45, 7) is 7.15. The number of hydrogen-bond acceptors (Lipinski definition) is 2. The predicted molar refractivity (Wildman–Crippen MR) is 121 cm³/mol. The molecule has 0 spiro atoms. The van der Waals surface area contributed by atoms with Gasteiger partial charge in [0, 0.05) is 17.6 Å². The lowest BCUT2D eigenvalue weighted by Crippen LogP contribution is -2.51. The molecule has 0 saturated heterocycles. The summed E-state index contributed by atoms with van der Waals surface area (Å²) in [4.78, 5) is 15.0. The van der Waals surface area contributed by atoms with Crippen molar-refractivity contribution >= 4 is 5.91 Å². The van der Waals surface area contributed by atoms with Crippen LogP contribution in [0.25, 0.3) is 0 Å². The Morgan fingerprint density at radius 1 is 0.966 bits per heavy atom. The molecule has 0 aromatic heterocycles. The van der Waals surface area contributed by atoms with Crippen molar-refractivity contribution in [2.24, 2.45) is 10.8 Å². The van der Waals surface area contributed by atoms with Crippen molar-refractivity contribution < 1.29 is 4.79 Å². The van der Waals surface area contributed by atoms with E-state index in [1.54, 1.807) is 0 Å². The minimum Gasteiger partial charge on any atom is -0.349 e. The van der Waals surface area contributed by atoms with Gasteiger partial charge in [0.25, 0.3) is 5.91 Å². The van der Waals surface area contributed by atoms with E-state index < -0.39 is 0 Å². The Bertz CT molecular complexity index is 784. The molecule has 1 amide bonds. The van der Waals surface area contributed by atoms with Crippen molar-refractivity contribution in [2.75, 3.05) is 14.1 Å². The molecular formula is C26H36N2O. The molecule has 2 aromatic rings. The fourth-order valence-corrected chi connectivity index (χ4v) is 5.32. The molecule has 0 radical (unpaired) electrons. The maximum atomic E-state index is 12.6. The van der Waals surface area contributed by atoms with E-state index in [-0.39, 0.29) is 22.8 Å². The minimum absolute atomic E-state index is 0.0473. The number of rotatable bonds is 5. The second-order valence-electron chi connectivity index (χ2n) is 9.80. The first-order valence-corrected chi connectivity index (χ1v) is 10.8. The van der Waals surface area contributed by atoms with Crippen LogP contribution in [0.1, 0.15) is 68.4 Å². The van der Waals surface area contributed by atoms with E-state index in [9.17, 15) is 4.79 Å². The van der Waals surface area contributed by atoms with Gasteiger partial charge < -0.3 is 10.2 Å². The van der Waals surface area contributed by atoms with Gasteiger partial charge in [0.1, 0.15) is 0 Å². The Morgan fingerprint density at radius 3 is 1.97 bits per heavy atom. The first-order valence-electron chi connectivity index (χ1n) is 10.8. The molecule has 0 aliphatic heterocycles. The van der Waals surface area contributed by atoms with Gasteiger partial charge in [-0.3, -0.25) is 4.79 Å². The lowest BCUT2D eigenvalue weighted by Gasteiger charge is -2.55. The summed E-state index contributed by atoms with van der Waals surface area (Å²) in [6.07, 6.45) is 4.25. The Morgan fingerprint density at radius 2 is 1.48 bits per heavy atom. The highest BCUT2D eigenvalue weighted by molar-refractivity contribution is 5.94. The summed E-state index contributed by atoms with van der Waals surface area (Å²) in [5, 5.41) is 3.28. The maximum Gasteiger partial charge on any atom is 0.251 e. The van der Waals surface area contributed by atoms with Crippen LogP contribution in [0.5, 0.6) is 0 Å². The van der Waals surface area contributed by atoms with Crippen molar-refractivity contribution in [2.45, 2.75) is 58.5 Å². The zero-order valence-corrected chi connectivity index (χ0v) is 18.6. The number of nitrogens with zero attached hydrogens (tertiary/aromatic N) is 1. The van der Waals surface area contributed by atoms with Gasteiger partial charge >= 0.3 is 0 Å². The molecule has 29 heavy (non-hydrogen) atoms. The van der Waals surface area contributed by atoms with E-state index in [1.165, 1.54) is 5.56 Å². The second kappa shape index (κ2) is 8.71. The van der Waals surface area contributed by atoms with E-state index >= 15 is 0 Å². The van der Waals surface area contributed by atoms with Crippen LogP contribution in [-0.4, -0.2) is 30.9 Å². The summed E-state index contributed by atoms with van der Waals surface area (Å²) in [7, 11) is 4.41. The van der Waals surface area contributed by atoms with Crippen LogP contribution in [-0.2, 0) is 0 Å². The largest absolute Gasteiger partial charge is 0.349 e. The van der Waals surface area contributed by atoms with Crippen LogP contribution in [0.2, 0.25) is 0 Å². The number of hydrogen-bond donors (Lipinski definition) is 1. The lowest BCUT2D eigenvalue weighted by molar-refractivity contribution is -0.0457. The molecule has 1 N–H and O–H groups in total. The van der Waals surface area contributed by atoms with Crippen LogP contribution in [0.15, 0.2) is 60.7 Å². The molecule has 1 unspecified atom stereocenters. The minimum atomic E-state index is 0.0473. The third kappa shape index (κ3) is 4.56. The lowest BCUT2D eigenvalue weighted by atomic mass is 9.54. The third-order valence-electron chi connectivity index (χ3n) is 6.90. The number of amides is 1. The van der Waals surface area contributed by atoms with Gasteiger partial charge in [0.15, 0.2) is 0 Å². The number of benzene rings is 2. The average molecular weight is 393 g/mol. The Labute approximate surface area is 176 Å². The first-order chi connectivity index (χ1) is 13.7. The number of carbonyl (C=O) groups excluding carboxylic acids is 1. The number of carbonyl (C=O) groups is 1. The first kappa shape index (κ1) is 21.6. The smallest absolute Gasteiger partial charge is 0.251 e. The maximum absolute atomic E-state index is 12.6. The number of nitrogens with one attached hydrogen (secondary N) is 1. The zero-order chi connectivity index (χ0) is 21.1. The predicted octanol–water partition coefficient (Wildman–Crippen LogP) is 5.69. The van der Waals surface area contributed by atoms with Gasteiger partial charge in [-0.1, -0.05) is 69.3 Å². The highest BCUT2D eigenvalue weighted by Crippen LogP contribution is 2.58. The molecule has 3 rings (SSSR count). The van der Waals surface area contributed by atoms with Crippen molar-refractivity contribution in [1.29, 1.82) is 0 Å². The van der Waals surface area contributed by atoms with Gasteiger partial charge in [0.2, 0.25) is 0 Å². The summed E-state index contributed by atoms with van der Waals surface area (Å²) >= 11 is 0. The Hall–Kier alpha value is -2.13. The van der Waals surface area contributed by atoms with Gasteiger partial charge in [-0.2, -0.15) is 0 Å². The van der Waals surface area contributed by atoms with E-state index in [0.29, 0.717) is 6.04 Å². The summed E-state index contributed by atoms with van der Waals surface area (Å²) in [5.41, 5.74) is 2.45. The van der Waals surface area contributed by atoms with Crippen LogP contribution < -0.4 is 5.32 Å². The highest BCUT2D eigenvalue weighted by atomic mass is 16.1. The van der Waals surface area contributed by atoms with Crippen LogP contribution in [0, 0.1) is 10.8 Å². The fraction of sp³-hybridized carbons (Fsp3) is 0.500. The van der Waals surface area contributed by atoms with E-state index in [0.717, 1.165) is 31.2 Å². The molecule has 3 heteroatoms. The van der Waals surface area contributed by atoms with E-state index in [2.05, 4.69) is 75.4 Å². The van der Waals surface area contributed by atoms with Crippen molar-refractivity contribution in [3.63, 3.8) is 0 Å². The molecular weight excluding hydrogens is 356 g/mol. The molecule has 0 heterocycles. The fourth-order valence-electron chi connectivity index (χ4n) is 5.32. The molecule has 1 aliphatic carbocycles. The highest BCUT2D eigenvalue weighted by Gasteiger charge is 2.51. The molecule has 3 nitrogen and oxygen atoms in total. The summed E-state index contributed by atoms with van der Waals surface area (Å²) in [6, 6.07) is 21.1. The molecule has 1 aliphatic rings. The van der Waals surface area contributed by atoms with Gasteiger partial charge in [-0.05, 0) is 68.3 Å². The van der Waals surface area contributed by atoms with Crippen molar-refractivity contribution in [3.05, 3.63) is 71.8 Å². The molecule has 1 atom stereocenters. The molecule has 0 bridgehead atoms. The quantitative estimate of drug-likeness (QED) is 0.708. The van der Waals surface area contributed by atoms with Gasteiger partial charge in [-0.25, -0.2) is 0 Å². The standard InChI is InChI=1S/C26H36N2O/c1-25(2,3)26(23(28(4)5)20-12-8-6-9-13-20)18-16-22(17-19-26)27-24(29)21-14-10-7-11-15-21/h6-15,22-23H,16-19H2,1-5H3,(H,27,29). The molecule has 156 valence electrons. The molecule has 2 aromatic carbocycles. The van der Waals surface area contributed by atoms with Gasteiger partial charge in [-0.15, -0.1) is 0 Å². The molecule has 1 fully saturated rings. The Kier molecular flexibility index (Phi) is 6.48. The average Bonchev–Trinajstić information content (AvgIpc) is 2.70. The van der Waals surface area contributed by atoms with Crippen LogP contribution >= 0.6 is 0 Å².